The van der Waals surface area contributed by atoms with Gasteiger partial charge in [0.1, 0.15) is 5.75 Å². The smallest absolute Gasteiger partial charge is 0.125 e. The first-order valence-electron chi connectivity index (χ1n) is 7.55. The first kappa shape index (κ1) is 18.3. The molecule has 0 fully saturated rings. The molecule has 0 spiro atoms. The summed E-state index contributed by atoms with van der Waals surface area (Å²) >= 11 is 6.06. The van der Waals surface area contributed by atoms with Gasteiger partial charge in [0.05, 0.1) is 12.7 Å². The van der Waals surface area contributed by atoms with Gasteiger partial charge >= 0.3 is 0 Å². The zero-order valence-electron chi connectivity index (χ0n) is 13.8. The third-order valence-electron chi connectivity index (χ3n) is 3.80. The molecule has 1 unspecified atom stereocenters. The lowest BCUT2D eigenvalue weighted by atomic mass is 9.94. The number of nitrogens with one attached hydrogen (secondary N) is 1. The average molecular weight is 314 g/mol. The first-order valence-corrected chi connectivity index (χ1v) is 7.93. The Balaban J connectivity index is 2.91. The standard InChI is InChI=1S/C17H28ClNO2/c1-6-11-19-15(9-10-17(2,3)21-5)14-8-7-13(18)12-16(14)20-4/h7-8,12,15,19H,6,9-11H2,1-5H3. The lowest BCUT2D eigenvalue weighted by molar-refractivity contribution is 0.0116. The number of hydrogen-bond donors (Lipinski definition) is 1. The predicted octanol–water partition coefficient (Wildman–Crippen LogP) is 4.59. The fourth-order valence-corrected chi connectivity index (χ4v) is 2.42. The summed E-state index contributed by atoms with van der Waals surface area (Å²) in [5.74, 6) is 0.839. The van der Waals surface area contributed by atoms with Crippen LogP contribution in [0, 0.1) is 0 Å². The molecule has 1 aromatic rings. The molecule has 21 heavy (non-hydrogen) atoms. The van der Waals surface area contributed by atoms with E-state index in [-0.39, 0.29) is 11.6 Å². The van der Waals surface area contributed by atoms with Crippen molar-refractivity contribution in [1.82, 2.24) is 5.32 Å². The number of benzene rings is 1. The molecule has 3 nitrogen and oxygen atoms in total. The van der Waals surface area contributed by atoms with Crippen molar-refractivity contribution in [2.24, 2.45) is 0 Å². The highest BCUT2D eigenvalue weighted by Crippen LogP contribution is 2.32. The van der Waals surface area contributed by atoms with Crippen molar-refractivity contribution in [1.29, 1.82) is 0 Å². The lowest BCUT2D eigenvalue weighted by Crippen LogP contribution is -2.28. The second-order valence-electron chi connectivity index (χ2n) is 5.90. The van der Waals surface area contributed by atoms with Crippen LogP contribution in [0.3, 0.4) is 0 Å². The molecule has 0 aliphatic carbocycles. The maximum absolute atomic E-state index is 6.06. The van der Waals surface area contributed by atoms with Gasteiger partial charge < -0.3 is 14.8 Å². The molecule has 0 saturated heterocycles. The fraction of sp³-hybridized carbons (Fsp3) is 0.647. The van der Waals surface area contributed by atoms with E-state index >= 15 is 0 Å². The molecule has 120 valence electrons. The Morgan fingerprint density at radius 3 is 2.57 bits per heavy atom. The second kappa shape index (κ2) is 8.62. The maximum Gasteiger partial charge on any atom is 0.125 e. The van der Waals surface area contributed by atoms with E-state index in [0.29, 0.717) is 5.02 Å². The molecular formula is C17H28ClNO2. The van der Waals surface area contributed by atoms with Crippen LogP contribution >= 0.6 is 11.6 Å². The van der Waals surface area contributed by atoms with Crippen LogP contribution in [0.5, 0.6) is 5.75 Å². The Kier molecular flexibility index (Phi) is 7.50. The van der Waals surface area contributed by atoms with Gasteiger partial charge in [-0.1, -0.05) is 24.6 Å². The molecule has 0 aromatic heterocycles. The highest BCUT2D eigenvalue weighted by Gasteiger charge is 2.22. The molecule has 0 saturated carbocycles. The summed E-state index contributed by atoms with van der Waals surface area (Å²) in [6.45, 7) is 7.37. The number of rotatable bonds is 9. The van der Waals surface area contributed by atoms with Gasteiger partial charge in [0.25, 0.3) is 0 Å². The monoisotopic (exact) mass is 313 g/mol. The molecule has 0 aliphatic rings. The Bertz CT molecular complexity index is 435. The SMILES string of the molecule is CCCNC(CCC(C)(C)OC)c1ccc(Cl)cc1OC. The number of halogens is 1. The number of hydrogen-bond acceptors (Lipinski definition) is 3. The van der Waals surface area contributed by atoms with Gasteiger partial charge in [-0.15, -0.1) is 0 Å². The topological polar surface area (TPSA) is 30.5 Å². The van der Waals surface area contributed by atoms with Gasteiger partial charge in [0, 0.05) is 23.7 Å². The zero-order chi connectivity index (χ0) is 15.9. The molecule has 1 rings (SSSR count). The van der Waals surface area contributed by atoms with Crippen LogP contribution in [0.4, 0.5) is 0 Å². The maximum atomic E-state index is 6.06. The molecule has 0 heterocycles. The Morgan fingerprint density at radius 1 is 1.29 bits per heavy atom. The summed E-state index contributed by atoms with van der Waals surface area (Å²) in [6.07, 6.45) is 3.05. The van der Waals surface area contributed by atoms with E-state index in [1.807, 2.05) is 18.2 Å². The van der Waals surface area contributed by atoms with E-state index in [0.717, 1.165) is 37.1 Å². The van der Waals surface area contributed by atoms with Crippen molar-refractivity contribution in [3.05, 3.63) is 28.8 Å². The Morgan fingerprint density at radius 2 is 2.00 bits per heavy atom. The van der Waals surface area contributed by atoms with Gasteiger partial charge in [0.2, 0.25) is 0 Å². The third kappa shape index (κ3) is 5.85. The van der Waals surface area contributed by atoms with Crippen molar-refractivity contribution in [2.75, 3.05) is 20.8 Å². The van der Waals surface area contributed by atoms with Crippen LogP contribution in [0.1, 0.15) is 51.6 Å². The summed E-state index contributed by atoms with van der Waals surface area (Å²) < 4.78 is 11.0. The first-order chi connectivity index (χ1) is 9.93. The summed E-state index contributed by atoms with van der Waals surface area (Å²) in [4.78, 5) is 0. The molecule has 0 bridgehead atoms. The predicted molar refractivity (Wildman–Crippen MR) is 89.4 cm³/mol. The van der Waals surface area contributed by atoms with E-state index < -0.39 is 0 Å². The highest BCUT2D eigenvalue weighted by atomic mass is 35.5. The summed E-state index contributed by atoms with van der Waals surface area (Å²) in [5, 5.41) is 4.29. The van der Waals surface area contributed by atoms with Gasteiger partial charge in [-0.25, -0.2) is 0 Å². The van der Waals surface area contributed by atoms with Gasteiger partial charge in [0.15, 0.2) is 0 Å². The van der Waals surface area contributed by atoms with Crippen molar-refractivity contribution in [3.8, 4) is 5.75 Å². The molecule has 1 atom stereocenters. The minimum Gasteiger partial charge on any atom is -0.496 e. The normalized spacial score (nSPS) is 13.2. The Hall–Kier alpha value is -0.770. The van der Waals surface area contributed by atoms with E-state index in [4.69, 9.17) is 21.1 Å². The largest absolute Gasteiger partial charge is 0.496 e. The molecular weight excluding hydrogens is 286 g/mol. The third-order valence-corrected chi connectivity index (χ3v) is 4.03. The molecule has 0 radical (unpaired) electrons. The lowest BCUT2D eigenvalue weighted by Gasteiger charge is -2.27. The van der Waals surface area contributed by atoms with Crippen LogP contribution in [-0.4, -0.2) is 26.4 Å². The van der Waals surface area contributed by atoms with Crippen LogP contribution in [-0.2, 0) is 4.74 Å². The number of methoxy groups -OCH3 is 2. The quantitative estimate of drug-likeness (QED) is 0.723. The van der Waals surface area contributed by atoms with Crippen LogP contribution in [0.25, 0.3) is 0 Å². The van der Waals surface area contributed by atoms with E-state index in [2.05, 4.69) is 26.1 Å². The van der Waals surface area contributed by atoms with Gasteiger partial charge in [-0.3, -0.25) is 0 Å². The van der Waals surface area contributed by atoms with E-state index in [1.165, 1.54) is 0 Å². The average Bonchev–Trinajstić information content (AvgIpc) is 2.47. The fourth-order valence-electron chi connectivity index (χ4n) is 2.25. The van der Waals surface area contributed by atoms with Crippen molar-refractivity contribution < 1.29 is 9.47 Å². The van der Waals surface area contributed by atoms with Crippen LogP contribution in [0.15, 0.2) is 18.2 Å². The summed E-state index contributed by atoms with van der Waals surface area (Å²) in [6, 6.07) is 6.08. The molecule has 0 aliphatic heterocycles. The minimum atomic E-state index is -0.119. The highest BCUT2D eigenvalue weighted by molar-refractivity contribution is 6.30. The van der Waals surface area contributed by atoms with E-state index in [9.17, 15) is 0 Å². The van der Waals surface area contributed by atoms with Gasteiger partial charge in [-0.2, -0.15) is 0 Å². The molecule has 1 N–H and O–H groups in total. The molecule has 0 amide bonds. The summed E-state index contributed by atoms with van der Waals surface area (Å²) in [7, 11) is 3.45. The van der Waals surface area contributed by atoms with Crippen molar-refractivity contribution in [3.63, 3.8) is 0 Å². The zero-order valence-corrected chi connectivity index (χ0v) is 14.6. The van der Waals surface area contributed by atoms with Gasteiger partial charge in [-0.05, 0) is 51.8 Å². The second-order valence-corrected chi connectivity index (χ2v) is 6.33. The molecule has 1 aromatic carbocycles. The van der Waals surface area contributed by atoms with Crippen LogP contribution in [0.2, 0.25) is 5.02 Å². The Labute approximate surface area is 134 Å². The van der Waals surface area contributed by atoms with Crippen molar-refractivity contribution >= 4 is 11.6 Å². The minimum absolute atomic E-state index is 0.119. The van der Waals surface area contributed by atoms with Crippen molar-refractivity contribution in [2.45, 2.75) is 51.7 Å². The number of ether oxygens (including phenoxy) is 2. The van der Waals surface area contributed by atoms with Crippen LogP contribution < -0.4 is 10.1 Å². The van der Waals surface area contributed by atoms with E-state index in [1.54, 1.807) is 14.2 Å². The summed E-state index contributed by atoms with van der Waals surface area (Å²) in [5.41, 5.74) is 1.04. The molecule has 4 heteroatoms.